The van der Waals surface area contributed by atoms with Crippen molar-refractivity contribution in [2.24, 2.45) is 0 Å². The van der Waals surface area contributed by atoms with Crippen molar-refractivity contribution in [3.05, 3.63) is 17.5 Å². The molecule has 0 bridgehead atoms. The van der Waals surface area contributed by atoms with Gasteiger partial charge in [-0.25, -0.2) is 9.97 Å². The van der Waals surface area contributed by atoms with Gasteiger partial charge in [-0.2, -0.15) is 5.26 Å². The summed E-state index contributed by atoms with van der Waals surface area (Å²) < 4.78 is 0. The molecule has 1 aliphatic heterocycles. The zero-order valence-corrected chi connectivity index (χ0v) is 10.6. The number of nitrogens with zero attached hydrogens (tertiary/aromatic N) is 4. The number of hydrogen-bond donors (Lipinski definition) is 0. The number of aromatic nitrogens is 2. The molecule has 2 atom stereocenters. The fourth-order valence-electron chi connectivity index (χ4n) is 2.56. The number of anilines is 1. The molecular formula is C13H18N4. The summed E-state index contributed by atoms with van der Waals surface area (Å²) in [4.78, 5) is 11.1. The predicted molar refractivity (Wildman–Crippen MR) is 66.7 cm³/mol. The van der Waals surface area contributed by atoms with E-state index in [1.807, 2.05) is 6.92 Å². The van der Waals surface area contributed by atoms with E-state index in [-0.39, 0.29) is 0 Å². The lowest BCUT2D eigenvalue weighted by Gasteiger charge is -2.28. The van der Waals surface area contributed by atoms with Crippen LogP contribution < -0.4 is 4.90 Å². The Morgan fingerprint density at radius 3 is 2.88 bits per heavy atom. The van der Waals surface area contributed by atoms with Crippen molar-refractivity contribution in [3.63, 3.8) is 0 Å². The van der Waals surface area contributed by atoms with Crippen LogP contribution in [0, 0.1) is 18.3 Å². The minimum atomic E-state index is 0.460. The SMILES string of the molecule is CCC1CCC(C)N1c1nc(C)cc(C#N)n1. The van der Waals surface area contributed by atoms with Gasteiger partial charge >= 0.3 is 0 Å². The van der Waals surface area contributed by atoms with Crippen LogP contribution in [0.2, 0.25) is 0 Å². The molecule has 90 valence electrons. The Morgan fingerprint density at radius 1 is 1.47 bits per heavy atom. The van der Waals surface area contributed by atoms with Gasteiger partial charge in [-0.3, -0.25) is 0 Å². The van der Waals surface area contributed by atoms with E-state index in [0.717, 1.165) is 18.1 Å². The van der Waals surface area contributed by atoms with E-state index < -0.39 is 0 Å². The third-order valence-corrected chi connectivity index (χ3v) is 3.45. The molecule has 0 aliphatic carbocycles. The van der Waals surface area contributed by atoms with Crippen LogP contribution in [0.5, 0.6) is 0 Å². The zero-order chi connectivity index (χ0) is 12.4. The Balaban J connectivity index is 2.38. The van der Waals surface area contributed by atoms with Crippen LogP contribution in [0.3, 0.4) is 0 Å². The first-order valence-electron chi connectivity index (χ1n) is 6.19. The first kappa shape index (κ1) is 11.8. The quantitative estimate of drug-likeness (QED) is 0.783. The van der Waals surface area contributed by atoms with Crippen LogP contribution in [0.15, 0.2) is 6.07 Å². The van der Waals surface area contributed by atoms with Gasteiger partial charge in [0.15, 0.2) is 0 Å². The van der Waals surface area contributed by atoms with E-state index in [1.165, 1.54) is 12.8 Å². The smallest absolute Gasteiger partial charge is 0.227 e. The first-order chi connectivity index (χ1) is 8.15. The molecule has 0 spiro atoms. The maximum Gasteiger partial charge on any atom is 0.227 e. The van der Waals surface area contributed by atoms with E-state index in [0.29, 0.717) is 17.8 Å². The Labute approximate surface area is 102 Å². The van der Waals surface area contributed by atoms with Gasteiger partial charge in [0.05, 0.1) is 0 Å². The lowest BCUT2D eigenvalue weighted by molar-refractivity contribution is 0.611. The lowest BCUT2D eigenvalue weighted by atomic mass is 10.2. The minimum Gasteiger partial charge on any atom is -0.335 e. The Bertz CT molecular complexity index is 449. The fraction of sp³-hybridized carbons (Fsp3) is 0.615. The zero-order valence-electron chi connectivity index (χ0n) is 10.6. The van der Waals surface area contributed by atoms with Crippen molar-refractivity contribution >= 4 is 5.95 Å². The van der Waals surface area contributed by atoms with Gasteiger partial charge in [-0.15, -0.1) is 0 Å². The van der Waals surface area contributed by atoms with Crippen LogP contribution in [0.4, 0.5) is 5.95 Å². The summed E-state index contributed by atoms with van der Waals surface area (Å²) in [7, 11) is 0. The molecule has 1 aromatic rings. The maximum absolute atomic E-state index is 8.96. The van der Waals surface area contributed by atoms with Crippen LogP contribution >= 0.6 is 0 Å². The summed E-state index contributed by atoms with van der Waals surface area (Å²) in [6.45, 7) is 6.30. The molecule has 1 aromatic heterocycles. The lowest BCUT2D eigenvalue weighted by Crippen LogP contribution is -2.35. The molecule has 2 heterocycles. The van der Waals surface area contributed by atoms with Crippen LogP contribution in [-0.4, -0.2) is 22.1 Å². The Hall–Kier alpha value is -1.63. The summed E-state index contributed by atoms with van der Waals surface area (Å²) in [6, 6.07) is 4.81. The molecule has 1 aliphatic rings. The molecular weight excluding hydrogens is 212 g/mol. The highest BCUT2D eigenvalue weighted by molar-refractivity contribution is 5.39. The molecule has 4 nitrogen and oxygen atoms in total. The van der Waals surface area contributed by atoms with E-state index in [1.54, 1.807) is 6.07 Å². The molecule has 2 rings (SSSR count). The molecule has 17 heavy (non-hydrogen) atoms. The topological polar surface area (TPSA) is 52.8 Å². The minimum absolute atomic E-state index is 0.460. The highest BCUT2D eigenvalue weighted by Crippen LogP contribution is 2.29. The standard InChI is InChI=1S/C13H18N4/c1-4-12-6-5-10(3)17(12)13-15-9(2)7-11(8-14)16-13/h7,10,12H,4-6H2,1-3H3. The van der Waals surface area contributed by atoms with E-state index in [9.17, 15) is 0 Å². The van der Waals surface area contributed by atoms with E-state index in [2.05, 4.69) is 34.8 Å². The molecule has 0 aromatic carbocycles. The first-order valence-corrected chi connectivity index (χ1v) is 6.19. The van der Waals surface area contributed by atoms with Gasteiger partial charge in [0.25, 0.3) is 0 Å². The summed E-state index contributed by atoms with van der Waals surface area (Å²) >= 11 is 0. The number of rotatable bonds is 2. The fourth-order valence-corrected chi connectivity index (χ4v) is 2.56. The largest absolute Gasteiger partial charge is 0.335 e. The molecule has 1 fully saturated rings. The van der Waals surface area contributed by atoms with Crippen molar-refractivity contribution in [2.75, 3.05) is 4.90 Å². The van der Waals surface area contributed by atoms with Gasteiger partial charge in [-0.1, -0.05) is 6.92 Å². The van der Waals surface area contributed by atoms with Crippen LogP contribution in [-0.2, 0) is 0 Å². The monoisotopic (exact) mass is 230 g/mol. The van der Waals surface area contributed by atoms with Crippen molar-refractivity contribution < 1.29 is 0 Å². The van der Waals surface area contributed by atoms with Crippen molar-refractivity contribution in [2.45, 2.75) is 52.1 Å². The average Bonchev–Trinajstić information content (AvgIpc) is 2.69. The van der Waals surface area contributed by atoms with Crippen molar-refractivity contribution in [1.82, 2.24) is 9.97 Å². The molecule has 0 amide bonds. The third-order valence-electron chi connectivity index (χ3n) is 3.45. The highest BCUT2D eigenvalue weighted by Gasteiger charge is 2.31. The Morgan fingerprint density at radius 2 is 2.24 bits per heavy atom. The van der Waals surface area contributed by atoms with Crippen LogP contribution in [0.1, 0.15) is 44.5 Å². The summed E-state index contributed by atoms with van der Waals surface area (Å²) in [6.07, 6.45) is 3.47. The summed E-state index contributed by atoms with van der Waals surface area (Å²) in [5, 5.41) is 8.96. The maximum atomic E-state index is 8.96. The van der Waals surface area contributed by atoms with Crippen molar-refractivity contribution in [3.8, 4) is 6.07 Å². The van der Waals surface area contributed by atoms with Crippen molar-refractivity contribution in [1.29, 1.82) is 5.26 Å². The highest BCUT2D eigenvalue weighted by atomic mass is 15.3. The molecule has 2 unspecified atom stereocenters. The molecule has 0 saturated carbocycles. The molecule has 0 N–H and O–H groups in total. The van der Waals surface area contributed by atoms with Gasteiger partial charge in [0.1, 0.15) is 11.8 Å². The summed E-state index contributed by atoms with van der Waals surface area (Å²) in [5.41, 5.74) is 1.32. The molecule has 1 saturated heterocycles. The Kier molecular flexibility index (Phi) is 3.28. The second kappa shape index (κ2) is 4.70. The van der Waals surface area contributed by atoms with Gasteiger partial charge in [0, 0.05) is 17.8 Å². The number of nitriles is 1. The van der Waals surface area contributed by atoms with E-state index in [4.69, 9.17) is 5.26 Å². The number of hydrogen-bond acceptors (Lipinski definition) is 4. The number of aryl methyl sites for hydroxylation is 1. The molecule has 0 radical (unpaired) electrons. The second-order valence-electron chi connectivity index (χ2n) is 4.70. The van der Waals surface area contributed by atoms with Gasteiger partial charge in [0.2, 0.25) is 5.95 Å². The predicted octanol–water partition coefficient (Wildman–Crippen LogP) is 2.42. The van der Waals surface area contributed by atoms with Gasteiger partial charge < -0.3 is 4.90 Å². The van der Waals surface area contributed by atoms with E-state index >= 15 is 0 Å². The molecule has 4 heteroatoms. The average molecular weight is 230 g/mol. The van der Waals surface area contributed by atoms with Crippen LogP contribution in [0.25, 0.3) is 0 Å². The van der Waals surface area contributed by atoms with Gasteiger partial charge in [-0.05, 0) is 39.2 Å². The normalized spacial score (nSPS) is 23.8. The summed E-state index contributed by atoms with van der Waals surface area (Å²) in [5.74, 6) is 0.721. The second-order valence-corrected chi connectivity index (χ2v) is 4.70. The third kappa shape index (κ3) is 2.23.